The predicted molar refractivity (Wildman–Crippen MR) is 56.4 cm³/mol. The third-order valence-corrected chi connectivity index (χ3v) is 2.78. The lowest BCUT2D eigenvalue weighted by atomic mass is 9.94. The molecule has 0 spiro atoms. The van der Waals surface area contributed by atoms with Crippen LogP contribution >= 0.6 is 0 Å². The highest BCUT2D eigenvalue weighted by molar-refractivity contribution is 4.62. The molecule has 74 valence electrons. The Morgan fingerprint density at radius 1 is 1.08 bits per heavy atom. The van der Waals surface area contributed by atoms with Gasteiger partial charge in [0.05, 0.1) is 0 Å². The first-order valence-corrected chi connectivity index (χ1v) is 5.41. The Bertz CT molecular complexity index is 91.0. The van der Waals surface area contributed by atoms with Crippen molar-refractivity contribution in [2.45, 2.75) is 58.9 Å². The van der Waals surface area contributed by atoms with E-state index in [2.05, 4.69) is 26.1 Å². The molecule has 0 fully saturated rings. The minimum atomic E-state index is 0.691. The molecule has 0 radical (unpaired) electrons. The van der Waals surface area contributed by atoms with Gasteiger partial charge in [-0.3, -0.25) is 0 Å². The molecule has 0 saturated heterocycles. The van der Waals surface area contributed by atoms with Crippen molar-refractivity contribution >= 4 is 0 Å². The molecular formula is C11H25N. The molecule has 12 heavy (non-hydrogen) atoms. The maximum absolute atomic E-state index is 3.29. The van der Waals surface area contributed by atoms with Gasteiger partial charge in [0.2, 0.25) is 0 Å². The first-order chi connectivity index (χ1) is 5.74. The van der Waals surface area contributed by atoms with Gasteiger partial charge in [-0.15, -0.1) is 0 Å². The first kappa shape index (κ1) is 12.0. The highest BCUT2D eigenvalue weighted by Gasteiger charge is 2.06. The van der Waals surface area contributed by atoms with E-state index in [1.165, 1.54) is 32.1 Å². The van der Waals surface area contributed by atoms with Gasteiger partial charge < -0.3 is 5.32 Å². The fourth-order valence-electron chi connectivity index (χ4n) is 1.59. The zero-order chi connectivity index (χ0) is 9.40. The quantitative estimate of drug-likeness (QED) is 0.620. The van der Waals surface area contributed by atoms with Crippen LogP contribution in [0.3, 0.4) is 0 Å². The minimum Gasteiger partial charge on any atom is -0.317 e. The van der Waals surface area contributed by atoms with Gasteiger partial charge in [0.15, 0.2) is 0 Å². The Balaban J connectivity index is 3.43. The van der Waals surface area contributed by atoms with E-state index in [0.29, 0.717) is 6.04 Å². The van der Waals surface area contributed by atoms with Gasteiger partial charge in [-0.25, -0.2) is 0 Å². The van der Waals surface area contributed by atoms with E-state index in [4.69, 9.17) is 0 Å². The SMILES string of the molecule is CCCC(CC)CCC(C)NC. The second kappa shape index (κ2) is 7.60. The number of hydrogen-bond donors (Lipinski definition) is 1. The van der Waals surface area contributed by atoms with Crippen molar-refractivity contribution in [3.8, 4) is 0 Å². The van der Waals surface area contributed by atoms with Gasteiger partial charge in [-0.05, 0) is 32.7 Å². The van der Waals surface area contributed by atoms with Crippen molar-refractivity contribution in [3.63, 3.8) is 0 Å². The molecule has 0 heterocycles. The second-order valence-corrected chi connectivity index (χ2v) is 3.83. The summed E-state index contributed by atoms with van der Waals surface area (Å²) >= 11 is 0. The number of rotatable bonds is 7. The van der Waals surface area contributed by atoms with Crippen LogP contribution in [-0.4, -0.2) is 13.1 Å². The van der Waals surface area contributed by atoms with Crippen molar-refractivity contribution in [2.24, 2.45) is 5.92 Å². The van der Waals surface area contributed by atoms with Crippen LogP contribution < -0.4 is 5.32 Å². The predicted octanol–water partition coefficient (Wildman–Crippen LogP) is 3.20. The van der Waals surface area contributed by atoms with E-state index in [1.807, 2.05) is 7.05 Å². The Labute approximate surface area is 77.9 Å². The van der Waals surface area contributed by atoms with Crippen molar-refractivity contribution in [2.75, 3.05) is 7.05 Å². The van der Waals surface area contributed by atoms with Crippen LogP contribution in [0.25, 0.3) is 0 Å². The summed E-state index contributed by atoms with van der Waals surface area (Å²) in [5, 5.41) is 3.29. The fraction of sp³-hybridized carbons (Fsp3) is 1.00. The maximum atomic E-state index is 3.29. The van der Waals surface area contributed by atoms with Crippen molar-refractivity contribution in [1.29, 1.82) is 0 Å². The summed E-state index contributed by atoms with van der Waals surface area (Å²) in [6.07, 6.45) is 6.82. The summed E-state index contributed by atoms with van der Waals surface area (Å²) in [6, 6.07) is 0.691. The van der Waals surface area contributed by atoms with Gasteiger partial charge in [0.25, 0.3) is 0 Å². The van der Waals surface area contributed by atoms with E-state index in [0.717, 1.165) is 5.92 Å². The second-order valence-electron chi connectivity index (χ2n) is 3.83. The lowest BCUT2D eigenvalue weighted by Gasteiger charge is -2.16. The molecule has 0 aliphatic carbocycles. The molecule has 0 rings (SSSR count). The normalized spacial score (nSPS) is 16.0. The van der Waals surface area contributed by atoms with E-state index in [-0.39, 0.29) is 0 Å². The summed E-state index contributed by atoms with van der Waals surface area (Å²) in [7, 11) is 2.05. The number of nitrogens with one attached hydrogen (secondary N) is 1. The Hall–Kier alpha value is -0.0400. The largest absolute Gasteiger partial charge is 0.317 e. The minimum absolute atomic E-state index is 0.691. The summed E-state index contributed by atoms with van der Waals surface area (Å²) in [5.41, 5.74) is 0. The molecule has 1 nitrogen and oxygen atoms in total. The van der Waals surface area contributed by atoms with Crippen molar-refractivity contribution in [3.05, 3.63) is 0 Å². The van der Waals surface area contributed by atoms with Crippen molar-refractivity contribution < 1.29 is 0 Å². The van der Waals surface area contributed by atoms with Gasteiger partial charge in [-0.2, -0.15) is 0 Å². The highest BCUT2D eigenvalue weighted by Crippen LogP contribution is 2.17. The lowest BCUT2D eigenvalue weighted by Crippen LogP contribution is -2.21. The van der Waals surface area contributed by atoms with Crippen LogP contribution in [0.5, 0.6) is 0 Å². The smallest absolute Gasteiger partial charge is 0.00358 e. The first-order valence-electron chi connectivity index (χ1n) is 5.41. The summed E-state index contributed by atoms with van der Waals surface area (Å²) in [5.74, 6) is 0.964. The molecule has 0 aromatic heterocycles. The highest BCUT2D eigenvalue weighted by atomic mass is 14.8. The topological polar surface area (TPSA) is 12.0 Å². The van der Waals surface area contributed by atoms with Gasteiger partial charge in [-0.1, -0.05) is 33.1 Å². The van der Waals surface area contributed by atoms with Crippen molar-refractivity contribution in [1.82, 2.24) is 5.32 Å². The monoisotopic (exact) mass is 171 g/mol. The van der Waals surface area contributed by atoms with E-state index in [9.17, 15) is 0 Å². The summed E-state index contributed by atoms with van der Waals surface area (Å²) in [6.45, 7) is 6.85. The lowest BCUT2D eigenvalue weighted by molar-refractivity contribution is 0.391. The van der Waals surface area contributed by atoms with Crippen LogP contribution in [0.15, 0.2) is 0 Å². The molecule has 0 bridgehead atoms. The molecule has 0 aliphatic rings. The standard InChI is InChI=1S/C11H25N/c1-5-7-11(6-2)9-8-10(3)12-4/h10-12H,5-9H2,1-4H3. The third-order valence-electron chi connectivity index (χ3n) is 2.78. The van der Waals surface area contributed by atoms with E-state index >= 15 is 0 Å². The Kier molecular flexibility index (Phi) is 7.58. The van der Waals surface area contributed by atoms with Gasteiger partial charge in [0, 0.05) is 6.04 Å². The van der Waals surface area contributed by atoms with E-state index in [1.54, 1.807) is 0 Å². The average Bonchev–Trinajstić information content (AvgIpc) is 2.11. The number of hydrogen-bond acceptors (Lipinski definition) is 1. The van der Waals surface area contributed by atoms with Gasteiger partial charge in [0.1, 0.15) is 0 Å². The molecular weight excluding hydrogens is 146 g/mol. The molecule has 0 aromatic rings. The van der Waals surface area contributed by atoms with Gasteiger partial charge >= 0.3 is 0 Å². The Morgan fingerprint density at radius 2 is 1.75 bits per heavy atom. The van der Waals surface area contributed by atoms with Crippen LogP contribution in [0, 0.1) is 5.92 Å². The fourth-order valence-corrected chi connectivity index (χ4v) is 1.59. The van der Waals surface area contributed by atoms with Crippen LogP contribution in [0.4, 0.5) is 0 Å². The zero-order valence-electron chi connectivity index (χ0n) is 9.19. The van der Waals surface area contributed by atoms with Crippen LogP contribution in [0.2, 0.25) is 0 Å². The molecule has 0 saturated carbocycles. The maximum Gasteiger partial charge on any atom is 0.00358 e. The average molecular weight is 171 g/mol. The molecule has 0 aliphatic heterocycles. The molecule has 2 atom stereocenters. The van der Waals surface area contributed by atoms with Crippen LogP contribution in [-0.2, 0) is 0 Å². The third kappa shape index (κ3) is 5.59. The molecule has 1 heteroatoms. The molecule has 0 amide bonds. The summed E-state index contributed by atoms with van der Waals surface area (Å²) in [4.78, 5) is 0. The summed E-state index contributed by atoms with van der Waals surface area (Å²) < 4.78 is 0. The molecule has 2 unspecified atom stereocenters. The molecule has 1 N–H and O–H groups in total. The van der Waals surface area contributed by atoms with E-state index < -0.39 is 0 Å². The van der Waals surface area contributed by atoms with Crippen LogP contribution in [0.1, 0.15) is 52.9 Å². The zero-order valence-corrected chi connectivity index (χ0v) is 9.19. The Morgan fingerprint density at radius 3 is 2.17 bits per heavy atom. The molecule has 0 aromatic carbocycles.